The van der Waals surface area contributed by atoms with Gasteiger partial charge in [-0.25, -0.2) is 4.98 Å². The molecule has 0 aliphatic carbocycles. The molecule has 0 spiro atoms. The Labute approximate surface area is 511 Å². The van der Waals surface area contributed by atoms with Crippen LogP contribution in [0.1, 0.15) is 87.0 Å². The van der Waals surface area contributed by atoms with E-state index in [1.807, 2.05) is 68.9 Å². The maximum Gasteiger partial charge on any atom is 0.264 e. The summed E-state index contributed by atoms with van der Waals surface area (Å²) >= 11 is 0. The summed E-state index contributed by atoms with van der Waals surface area (Å²) in [6.45, 7) is 19.2. The number of aryl methyl sites for hydroxylation is 2. The first kappa shape index (κ1) is 66.4. The summed E-state index contributed by atoms with van der Waals surface area (Å²) in [5, 5.41) is 16.6. The number of rotatable bonds is 38. The first-order valence-corrected chi connectivity index (χ1v) is 30.2. The number of ether oxygens (including phenoxy) is 8. The van der Waals surface area contributed by atoms with Crippen LogP contribution in [0.5, 0.6) is 0 Å². The zero-order valence-corrected chi connectivity index (χ0v) is 50.8. The number of nitrogens with one attached hydrogen (secondary N) is 5. The van der Waals surface area contributed by atoms with Gasteiger partial charge in [-0.1, -0.05) is 6.07 Å². The van der Waals surface area contributed by atoms with Crippen molar-refractivity contribution >= 4 is 57.9 Å². The van der Waals surface area contributed by atoms with Gasteiger partial charge in [0.15, 0.2) is 0 Å². The van der Waals surface area contributed by atoms with Crippen molar-refractivity contribution in [1.29, 1.82) is 0 Å². The molecule has 26 nitrogen and oxygen atoms in total. The van der Waals surface area contributed by atoms with Crippen LogP contribution in [0.2, 0.25) is 0 Å². The predicted octanol–water partition coefficient (Wildman–Crippen LogP) is 3.19. The minimum atomic E-state index is -1.02. The number of hydrogen-bond donors (Lipinski definition) is 5. The van der Waals surface area contributed by atoms with E-state index in [1.54, 1.807) is 24.4 Å². The lowest BCUT2D eigenvalue weighted by atomic mass is 10.0. The standard InChI is InChI=1S/C62H83N11O15/c1-42(2)73-53-38-46(37-48(50(53)41-67-73)58(76)66-40-49-43(3)36-44(4)68-59(49)77)45-8-10-54(65-39-45)71-18-16-70(17-19-71)15-13-64-55(74)12-20-81-22-24-83-26-28-85-30-32-87-34-35-88-33-31-86-29-27-84-25-23-82-21-14-63-51-7-5-6-47-57(51)62(80)72(61(47)79)52-9-11-56(75)69-60(52)78/h5-8,10,36-39,41-42,52,63H,9,11-35,40H2,1-4H3,(H,64,74)(H,66,76)(H,68,77)(H,69,75,78). The number of nitrogens with zero attached hydrogens (tertiary/aromatic N) is 6. The Morgan fingerprint density at radius 1 is 0.682 bits per heavy atom. The van der Waals surface area contributed by atoms with E-state index in [0.717, 1.165) is 76.7 Å². The number of carbonyl (C=O) groups excluding carboxylic acids is 6. The monoisotopic (exact) mass is 1220 g/mol. The number of hydrogen-bond acceptors (Lipinski definition) is 20. The molecule has 5 N–H and O–H groups in total. The van der Waals surface area contributed by atoms with Crippen LogP contribution in [0.3, 0.4) is 0 Å². The fourth-order valence-electron chi connectivity index (χ4n) is 10.4. The molecule has 26 heteroatoms. The molecule has 3 aliphatic heterocycles. The number of piperidine rings is 1. The normalized spacial score (nSPS) is 15.4. The van der Waals surface area contributed by atoms with E-state index < -0.39 is 29.7 Å². The van der Waals surface area contributed by atoms with Gasteiger partial charge in [0.25, 0.3) is 23.3 Å². The van der Waals surface area contributed by atoms with Crippen LogP contribution >= 0.6 is 0 Å². The van der Waals surface area contributed by atoms with E-state index in [9.17, 15) is 33.6 Å². The predicted molar refractivity (Wildman–Crippen MR) is 325 cm³/mol. The minimum Gasteiger partial charge on any atom is -0.382 e. The SMILES string of the molecule is Cc1cc(C)c(CNC(=O)c2cc(-c3ccc(N4CCN(CCNC(=O)CCOCCOCCOCCOCCOCCOCCOCCOCCNc5cccc6c5C(=O)N(C5CCC(=O)NC5=O)C6=O)CC4)nc3)cc3c2cnn3C(C)C)c(=O)[nH]1. The molecule has 2 fully saturated rings. The first-order valence-electron chi connectivity index (χ1n) is 30.2. The van der Waals surface area contributed by atoms with Crippen molar-refractivity contribution in [3.63, 3.8) is 0 Å². The number of aromatic nitrogens is 4. The second-order valence-corrected chi connectivity index (χ2v) is 21.6. The van der Waals surface area contributed by atoms with E-state index in [4.69, 9.17) is 42.9 Å². The molecule has 1 unspecified atom stereocenters. The number of fused-ring (bicyclic) bond motifs is 2. The Balaban J connectivity index is 0.563. The largest absolute Gasteiger partial charge is 0.382 e. The number of carbonyl (C=O) groups is 6. The van der Waals surface area contributed by atoms with Gasteiger partial charge in [-0.3, -0.25) is 53.4 Å². The van der Waals surface area contributed by atoms with Crippen molar-refractivity contribution in [2.24, 2.45) is 0 Å². The number of anilines is 2. The lowest BCUT2D eigenvalue weighted by Crippen LogP contribution is -2.54. The van der Waals surface area contributed by atoms with Crippen molar-refractivity contribution in [2.75, 3.05) is 162 Å². The molecule has 1 atom stereocenters. The molecule has 2 aromatic carbocycles. The molecular formula is C62H83N11O15. The molecule has 2 saturated heterocycles. The molecule has 6 amide bonds. The van der Waals surface area contributed by atoms with E-state index >= 15 is 0 Å². The third kappa shape index (κ3) is 19.0. The van der Waals surface area contributed by atoms with E-state index in [2.05, 4.69) is 41.1 Å². The highest BCUT2D eigenvalue weighted by Crippen LogP contribution is 2.33. The van der Waals surface area contributed by atoms with Crippen molar-refractivity contribution in [3.05, 3.63) is 105 Å². The lowest BCUT2D eigenvalue weighted by Gasteiger charge is -2.35. The molecular weight excluding hydrogens is 1140 g/mol. The maximum absolute atomic E-state index is 13.8. The number of aromatic amines is 1. The minimum absolute atomic E-state index is 0.0554. The lowest BCUT2D eigenvalue weighted by molar-refractivity contribution is -0.136. The molecule has 6 heterocycles. The Kier molecular flexibility index (Phi) is 25.9. The van der Waals surface area contributed by atoms with Crippen molar-refractivity contribution in [1.82, 2.24) is 45.5 Å². The van der Waals surface area contributed by atoms with Gasteiger partial charge < -0.3 is 63.7 Å². The number of piperazine rings is 1. The van der Waals surface area contributed by atoms with Gasteiger partial charge in [0, 0.05) is 105 Å². The quantitative estimate of drug-likeness (QED) is 0.0280. The molecule has 0 bridgehead atoms. The summed E-state index contributed by atoms with van der Waals surface area (Å²) in [5.74, 6) is -1.68. The Hall–Kier alpha value is -7.53. The van der Waals surface area contributed by atoms with E-state index in [0.29, 0.717) is 136 Å². The number of imide groups is 2. The average Bonchev–Trinajstić information content (AvgIpc) is 1.75. The fourth-order valence-corrected chi connectivity index (χ4v) is 10.4. The molecule has 8 rings (SSSR count). The van der Waals surface area contributed by atoms with Crippen LogP contribution in [0, 0.1) is 13.8 Å². The zero-order valence-electron chi connectivity index (χ0n) is 50.8. The summed E-state index contributed by atoms with van der Waals surface area (Å²) < 4.78 is 46.4. The Morgan fingerprint density at radius 2 is 1.31 bits per heavy atom. The van der Waals surface area contributed by atoms with Crippen LogP contribution in [0.4, 0.5) is 11.5 Å². The molecule has 5 aromatic rings. The highest BCUT2D eigenvalue weighted by molar-refractivity contribution is 6.25. The topological polar surface area (TPSA) is 298 Å². The van der Waals surface area contributed by atoms with Gasteiger partial charge in [0.05, 0.1) is 134 Å². The van der Waals surface area contributed by atoms with Crippen molar-refractivity contribution in [3.8, 4) is 11.1 Å². The second kappa shape index (κ2) is 34.3. The number of benzene rings is 2. The van der Waals surface area contributed by atoms with Crippen molar-refractivity contribution < 1.29 is 66.7 Å². The summed E-state index contributed by atoms with van der Waals surface area (Å²) in [6, 6.07) is 13.8. The summed E-state index contributed by atoms with van der Waals surface area (Å²) in [7, 11) is 0. The molecule has 88 heavy (non-hydrogen) atoms. The van der Waals surface area contributed by atoms with E-state index in [1.165, 1.54) is 0 Å². The van der Waals surface area contributed by atoms with Gasteiger partial charge in [-0.05, 0) is 87.7 Å². The average molecular weight is 1220 g/mol. The van der Waals surface area contributed by atoms with Gasteiger partial charge in [0.1, 0.15) is 11.9 Å². The first-order chi connectivity index (χ1) is 42.8. The number of amides is 6. The highest BCUT2D eigenvalue weighted by atomic mass is 16.6. The van der Waals surface area contributed by atoms with Crippen LogP contribution in [0.15, 0.2) is 65.7 Å². The van der Waals surface area contributed by atoms with Crippen LogP contribution < -0.4 is 31.7 Å². The van der Waals surface area contributed by atoms with Crippen molar-refractivity contribution in [2.45, 2.75) is 65.6 Å². The van der Waals surface area contributed by atoms with Gasteiger partial charge in [-0.15, -0.1) is 0 Å². The highest BCUT2D eigenvalue weighted by Gasteiger charge is 2.45. The third-order valence-electron chi connectivity index (χ3n) is 15.0. The van der Waals surface area contributed by atoms with Crippen LogP contribution in [0.25, 0.3) is 22.0 Å². The molecule has 476 valence electrons. The van der Waals surface area contributed by atoms with Gasteiger partial charge in [-0.2, -0.15) is 5.10 Å². The summed E-state index contributed by atoms with van der Waals surface area (Å²) in [6.07, 6.45) is 3.98. The Morgan fingerprint density at radius 3 is 1.90 bits per heavy atom. The number of pyridine rings is 2. The molecule has 3 aromatic heterocycles. The van der Waals surface area contributed by atoms with E-state index in [-0.39, 0.29) is 60.3 Å². The maximum atomic E-state index is 13.8. The third-order valence-corrected chi connectivity index (χ3v) is 15.0. The van der Waals surface area contributed by atoms with Gasteiger partial charge in [0.2, 0.25) is 17.7 Å². The number of H-pyrrole nitrogens is 1. The zero-order chi connectivity index (χ0) is 62.2. The van der Waals surface area contributed by atoms with Gasteiger partial charge >= 0.3 is 0 Å². The molecule has 0 radical (unpaired) electrons. The summed E-state index contributed by atoms with van der Waals surface area (Å²) in [4.78, 5) is 102. The fraction of sp³-hybridized carbons (Fsp3) is 0.532. The van der Waals surface area contributed by atoms with Crippen LogP contribution in [-0.4, -0.2) is 223 Å². The summed E-state index contributed by atoms with van der Waals surface area (Å²) in [5.41, 5.74) is 5.78. The smallest absolute Gasteiger partial charge is 0.264 e. The molecule has 0 saturated carbocycles. The molecule has 3 aliphatic rings. The second-order valence-electron chi connectivity index (χ2n) is 21.6. The van der Waals surface area contributed by atoms with Crippen LogP contribution in [-0.2, 0) is 58.8 Å². The Bertz CT molecular complexity index is 3200.